The molecule has 0 bridgehead atoms. The Morgan fingerprint density at radius 1 is 1.15 bits per heavy atom. The van der Waals surface area contributed by atoms with Gasteiger partial charge in [0.25, 0.3) is 0 Å². The minimum atomic E-state index is 0.469. The molecule has 1 N–H and O–H groups in total. The average molecular weight is 286 g/mol. The maximum Gasteiger partial charge on any atom is 0.0658 e. The summed E-state index contributed by atoms with van der Waals surface area (Å²) in [5.74, 6) is 0.597. The molecule has 1 aromatic heterocycles. The average Bonchev–Trinajstić information content (AvgIpc) is 2.87. The van der Waals surface area contributed by atoms with Crippen LogP contribution in [0.1, 0.15) is 30.3 Å². The zero-order valence-electron chi connectivity index (χ0n) is 12.2. The maximum absolute atomic E-state index is 3.53. The summed E-state index contributed by atoms with van der Waals surface area (Å²) < 4.78 is 0. The predicted octanol–water partition coefficient (Wildman–Crippen LogP) is 4.06. The molecule has 106 valence electrons. The predicted molar refractivity (Wildman–Crippen MR) is 87.4 cm³/mol. The third-order valence-corrected chi connectivity index (χ3v) is 4.89. The molecule has 0 saturated heterocycles. The van der Waals surface area contributed by atoms with Crippen LogP contribution in [0.5, 0.6) is 0 Å². The summed E-state index contributed by atoms with van der Waals surface area (Å²) in [6, 6.07) is 13.7. The second kappa shape index (κ2) is 5.98. The molecule has 0 amide bonds. The van der Waals surface area contributed by atoms with E-state index < -0.39 is 0 Å². The van der Waals surface area contributed by atoms with Gasteiger partial charge in [0.15, 0.2) is 0 Å². The van der Waals surface area contributed by atoms with Gasteiger partial charge < -0.3 is 10.2 Å². The van der Waals surface area contributed by atoms with Gasteiger partial charge in [-0.15, -0.1) is 11.3 Å². The molecule has 1 aromatic carbocycles. The fourth-order valence-corrected chi connectivity index (χ4v) is 4.08. The van der Waals surface area contributed by atoms with E-state index in [9.17, 15) is 0 Å². The molecule has 0 aliphatic carbocycles. The summed E-state index contributed by atoms with van der Waals surface area (Å²) in [6.45, 7) is 7.74. The minimum Gasteiger partial charge on any atom is -0.362 e. The third-order valence-electron chi connectivity index (χ3n) is 3.95. The summed E-state index contributed by atoms with van der Waals surface area (Å²) >= 11 is 1.87. The monoisotopic (exact) mass is 286 g/mol. The van der Waals surface area contributed by atoms with Crippen molar-refractivity contribution in [1.29, 1.82) is 0 Å². The summed E-state index contributed by atoms with van der Waals surface area (Å²) in [7, 11) is 0. The first-order chi connectivity index (χ1) is 9.77. The number of rotatable bonds is 3. The number of hydrogen-bond donors (Lipinski definition) is 1. The highest BCUT2D eigenvalue weighted by molar-refractivity contribution is 7.10. The van der Waals surface area contributed by atoms with Crippen molar-refractivity contribution in [1.82, 2.24) is 5.32 Å². The van der Waals surface area contributed by atoms with Crippen molar-refractivity contribution in [3.63, 3.8) is 0 Å². The number of anilines is 1. The highest BCUT2D eigenvalue weighted by Gasteiger charge is 2.27. The number of hydrogen-bond acceptors (Lipinski definition) is 3. The van der Waals surface area contributed by atoms with Crippen LogP contribution < -0.4 is 10.2 Å². The molecule has 2 heterocycles. The van der Waals surface area contributed by atoms with E-state index in [1.165, 1.54) is 16.1 Å². The molecule has 1 unspecified atom stereocenters. The van der Waals surface area contributed by atoms with Gasteiger partial charge in [-0.25, -0.2) is 0 Å². The van der Waals surface area contributed by atoms with Crippen LogP contribution in [0.3, 0.4) is 0 Å². The van der Waals surface area contributed by atoms with Crippen LogP contribution in [0.4, 0.5) is 5.69 Å². The lowest BCUT2D eigenvalue weighted by atomic mass is 9.99. The summed E-state index contributed by atoms with van der Waals surface area (Å²) in [4.78, 5) is 4.06. The first-order valence-corrected chi connectivity index (χ1v) is 8.24. The zero-order chi connectivity index (χ0) is 13.9. The van der Waals surface area contributed by atoms with Crippen molar-refractivity contribution in [2.24, 2.45) is 5.92 Å². The lowest BCUT2D eigenvalue weighted by molar-refractivity contribution is 0.475. The molecule has 2 aromatic rings. The Morgan fingerprint density at radius 3 is 2.75 bits per heavy atom. The topological polar surface area (TPSA) is 15.3 Å². The molecular formula is C17H22N2S. The third kappa shape index (κ3) is 2.60. The van der Waals surface area contributed by atoms with Crippen molar-refractivity contribution in [2.45, 2.75) is 26.4 Å². The number of fused-ring (bicyclic) bond motifs is 1. The smallest absolute Gasteiger partial charge is 0.0658 e. The van der Waals surface area contributed by atoms with E-state index in [0.29, 0.717) is 12.0 Å². The molecular weight excluding hydrogens is 264 g/mol. The van der Waals surface area contributed by atoms with E-state index >= 15 is 0 Å². The number of nitrogens with zero attached hydrogens (tertiary/aromatic N) is 1. The molecule has 1 atom stereocenters. The normalized spacial score (nSPS) is 16.9. The van der Waals surface area contributed by atoms with Crippen LogP contribution >= 0.6 is 11.3 Å². The van der Waals surface area contributed by atoms with Crippen LogP contribution in [0.2, 0.25) is 0 Å². The Bertz CT molecular complexity index is 548. The van der Waals surface area contributed by atoms with Crippen molar-refractivity contribution < 1.29 is 0 Å². The fourth-order valence-electron chi connectivity index (χ4n) is 3.07. The number of benzene rings is 1. The largest absolute Gasteiger partial charge is 0.362 e. The Kier molecular flexibility index (Phi) is 4.08. The molecule has 2 nitrogen and oxygen atoms in total. The Morgan fingerprint density at radius 2 is 2.00 bits per heavy atom. The van der Waals surface area contributed by atoms with Gasteiger partial charge in [0, 0.05) is 30.2 Å². The number of nitrogens with one attached hydrogen (secondary N) is 1. The van der Waals surface area contributed by atoms with Gasteiger partial charge in [0.1, 0.15) is 0 Å². The Labute approximate surface area is 125 Å². The van der Waals surface area contributed by atoms with Crippen molar-refractivity contribution in [3.05, 3.63) is 52.2 Å². The van der Waals surface area contributed by atoms with Gasteiger partial charge in [-0.1, -0.05) is 38.1 Å². The highest BCUT2D eigenvalue weighted by atomic mass is 32.1. The van der Waals surface area contributed by atoms with Gasteiger partial charge in [-0.3, -0.25) is 0 Å². The molecule has 0 radical (unpaired) electrons. The van der Waals surface area contributed by atoms with E-state index in [2.05, 4.69) is 65.8 Å². The van der Waals surface area contributed by atoms with Gasteiger partial charge in [0.2, 0.25) is 0 Å². The SMILES string of the molecule is CC(C)C(c1cccs1)N1CCNCc2ccccc21. The van der Waals surface area contributed by atoms with E-state index in [1.54, 1.807) is 0 Å². The van der Waals surface area contributed by atoms with Crippen molar-refractivity contribution >= 4 is 17.0 Å². The van der Waals surface area contributed by atoms with Gasteiger partial charge in [0.05, 0.1) is 6.04 Å². The summed E-state index contributed by atoms with van der Waals surface area (Å²) in [5.41, 5.74) is 2.80. The molecule has 1 aliphatic heterocycles. The molecule has 3 heteroatoms. The zero-order valence-corrected chi connectivity index (χ0v) is 13.0. The van der Waals surface area contributed by atoms with Crippen LogP contribution in [0.15, 0.2) is 41.8 Å². The number of thiophene rings is 1. The van der Waals surface area contributed by atoms with E-state index in [4.69, 9.17) is 0 Å². The fraction of sp³-hybridized carbons (Fsp3) is 0.412. The molecule has 0 spiro atoms. The standard InChI is InChI=1S/C17H22N2S/c1-13(2)17(16-8-5-11-20-16)19-10-9-18-12-14-6-3-4-7-15(14)19/h3-8,11,13,17-18H,9-10,12H2,1-2H3. The second-order valence-corrected chi connectivity index (χ2v) is 6.68. The molecule has 0 saturated carbocycles. The first-order valence-electron chi connectivity index (χ1n) is 7.36. The Balaban J connectivity index is 2.02. The number of para-hydroxylation sites is 1. The van der Waals surface area contributed by atoms with E-state index in [-0.39, 0.29) is 0 Å². The first kappa shape index (κ1) is 13.7. The Hall–Kier alpha value is -1.32. The van der Waals surface area contributed by atoms with Gasteiger partial charge in [-0.05, 0) is 29.0 Å². The molecule has 0 fully saturated rings. The molecule has 1 aliphatic rings. The lowest BCUT2D eigenvalue weighted by Gasteiger charge is -2.35. The minimum absolute atomic E-state index is 0.469. The molecule has 20 heavy (non-hydrogen) atoms. The van der Waals surface area contributed by atoms with Crippen molar-refractivity contribution in [2.75, 3.05) is 18.0 Å². The lowest BCUT2D eigenvalue weighted by Crippen LogP contribution is -2.35. The van der Waals surface area contributed by atoms with Crippen LogP contribution in [-0.2, 0) is 6.54 Å². The van der Waals surface area contributed by atoms with E-state index in [0.717, 1.165) is 19.6 Å². The highest BCUT2D eigenvalue weighted by Crippen LogP contribution is 2.37. The van der Waals surface area contributed by atoms with Crippen molar-refractivity contribution in [3.8, 4) is 0 Å². The molecule has 3 rings (SSSR count). The quantitative estimate of drug-likeness (QED) is 0.915. The van der Waals surface area contributed by atoms with Crippen LogP contribution in [-0.4, -0.2) is 13.1 Å². The van der Waals surface area contributed by atoms with Gasteiger partial charge >= 0.3 is 0 Å². The summed E-state index contributed by atoms with van der Waals surface area (Å²) in [6.07, 6.45) is 0. The van der Waals surface area contributed by atoms with Gasteiger partial charge in [-0.2, -0.15) is 0 Å². The maximum atomic E-state index is 3.53. The van der Waals surface area contributed by atoms with E-state index in [1.807, 2.05) is 11.3 Å². The summed E-state index contributed by atoms with van der Waals surface area (Å²) in [5, 5.41) is 5.72. The second-order valence-electron chi connectivity index (χ2n) is 5.70. The van der Waals surface area contributed by atoms with Crippen LogP contribution in [0.25, 0.3) is 0 Å². The van der Waals surface area contributed by atoms with Crippen LogP contribution in [0, 0.1) is 5.92 Å².